The third-order valence-corrected chi connectivity index (χ3v) is 3.73. The van der Waals surface area contributed by atoms with Crippen molar-refractivity contribution >= 4 is 17.9 Å². The first-order valence-electron chi connectivity index (χ1n) is 8.17. The lowest BCUT2D eigenvalue weighted by Crippen LogP contribution is -2.55. The number of ether oxygens (including phenoxy) is 1. The number of urea groups is 1. The van der Waals surface area contributed by atoms with Gasteiger partial charge >= 0.3 is 12.0 Å². The van der Waals surface area contributed by atoms with Crippen LogP contribution in [-0.2, 0) is 14.3 Å². The summed E-state index contributed by atoms with van der Waals surface area (Å²) in [5, 5.41) is 5.04. The second-order valence-electron chi connectivity index (χ2n) is 6.96. The van der Waals surface area contributed by atoms with Gasteiger partial charge in [0.1, 0.15) is 0 Å². The van der Waals surface area contributed by atoms with Gasteiger partial charge in [0.25, 0.3) is 0 Å². The molecule has 1 saturated heterocycles. The molecule has 0 saturated carbocycles. The molecule has 0 aliphatic carbocycles. The first-order chi connectivity index (χ1) is 10.6. The maximum absolute atomic E-state index is 12.2. The summed E-state index contributed by atoms with van der Waals surface area (Å²) in [5.74, 6) is -0.783. The average molecular weight is 327 g/mol. The number of likely N-dealkylation sites (tertiary alicyclic amines) is 1. The molecule has 7 nitrogen and oxygen atoms in total. The lowest BCUT2D eigenvalue weighted by Gasteiger charge is -2.35. The Morgan fingerprint density at radius 2 is 1.96 bits per heavy atom. The Bertz CT molecular complexity index is 445. The lowest BCUT2D eigenvalue weighted by molar-refractivity contribution is -0.151. The third-order valence-electron chi connectivity index (χ3n) is 3.73. The van der Waals surface area contributed by atoms with Crippen LogP contribution in [0.3, 0.4) is 0 Å². The summed E-state index contributed by atoms with van der Waals surface area (Å²) in [7, 11) is 0. The molecule has 0 unspecified atom stereocenters. The Morgan fingerprint density at radius 3 is 2.52 bits per heavy atom. The highest BCUT2D eigenvalue weighted by Crippen LogP contribution is 2.20. The van der Waals surface area contributed by atoms with Gasteiger partial charge in [-0.15, -0.1) is 0 Å². The van der Waals surface area contributed by atoms with Crippen LogP contribution in [0.4, 0.5) is 4.79 Å². The average Bonchev–Trinajstić information content (AvgIpc) is 2.44. The Hall–Kier alpha value is -1.63. The van der Waals surface area contributed by atoms with Crippen molar-refractivity contribution in [1.29, 1.82) is 0 Å². The van der Waals surface area contributed by atoms with E-state index in [2.05, 4.69) is 10.6 Å². The van der Waals surface area contributed by atoms with E-state index < -0.39 is 17.6 Å². The second kappa shape index (κ2) is 8.29. The van der Waals surface area contributed by atoms with Crippen LogP contribution in [0.5, 0.6) is 0 Å². The third kappa shape index (κ3) is 6.56. The van der Waals surface area contributed by atoms with E-state index in [0.717, 1.165) is 19.4 Å². The standard InChI is InChI=1S/C16H29N3O4/c1-6-23-14(21)12-8-7-9-19(10-12)11(2)13(20)17-15(22)18-16(3,4)5/h11-12H,6-10H2,1-5H3,(H2,17,18,20,22)/t11-,12+/m0/s1. The van der Waals surface area contributed by atoms with Gasteiger partial charge in [-0.05, 0) is 54.0 Å². The van der Waals surface area contributed by atoms with Crippen molar-refractivity contribution in [2.24, 2.45) is 5.92 Å². The van der Waals surface area contributed by atoms with Crippen molar-refractivity contribution in [3.63, 3.8) is 0 Å². The van der Waals surface area contributed by atoms with Crippen molar-refractivity contribution in [2.45, 2.75) is 59.0 Å². The van der Waals surface area contributed by atoms with Gasteiger partial charge in [0.2, 0.25) is 5.91 Å². The van der Waals surface area contributed by atoms with Gasteiger partial charge < -0.3 is 10.1 Å². The van der Waals surface area contributed by atoms with Gasteiger partial charge in [0, 0.05) is 12.1 Å². The molecular formula is C16H29N3O4. The molecule has 0 aromatic heterocycles. The van der Waals surface area contributed by atoms with Crippen LogP contribution in [0.15, 0.2) is 0 Å². The Morgan fingerprint density at radius 1 is 1.30 bits per heavy atom. The largest absolute Gasteiger partial charge is 0.466 e. The van der Waals surface area contributed by atoms with Crippen LogP contribution in [0.2, 0.25) is 0 Å². The minimum Gasteiger partial charge on any atom is -0.466 e. The Kier molecular flexibility index (Phi) is 7.00. The van der Waals surface area contributed by atoms with Gasteiger partial charge in [-0.2, -0.15) is 0 Å². The van der Waals surface area contributed by atoms with Crippen molar-refractivity contribution in [3.05, 3.63) is 0 Å². The maximum atomic E-state index is 12.2. The van der Waals surface area contributed by atoms with Crippen molar-refractivity contribution in [3.8, 4) is 0 Å². The molecule has 2 N–H and O–H groups in total. The van der Waals surface area contributed by atoms with Crippen LogP contribution >= 0.6 is 0 Å². The summed E-state index contributed by atoms with van der Waals surface area (Å²) < 4.78 is 5.06. The van der Waals surface area contributed by atoms with Crippen LogP contribution in [0, 0.1) is 5.92 Å². The zero-order valence-electron chi connectivity index (χ0n) is 14.8. The molecule has 2 atom stereocenters. The van der Waals surface area contributed by atoms with Gasteiger partial charge in [-0.1, -0.05) is 0 Å². The quantitative estimate of drug-likeness (QED) is 0.759. The van der Waals surface area contributed by atoms with Gasteiger partial charge in [0.15, 0.2) is 0 Å². The summed E-state index contributed by atoms with van der Waals surface area (Å²) in [6, 6.07) is -0.980. The fourth-order valence-electron chi connectivity index (χ4n) is 2.56. The molecule has 1 rings (SSSR count). The number of nitrogens with one attached hydrogen (secondary N) is 2. The van der Waals surface area contributed by atoms with Crippen LogP contribution < -0.4 is 10.6 Å². The summed E-state index contributed by atoms with van der Waals surface area (Å²) in [6.07, 6.45) is 1.60. The molecule has 0 aromatic rings. The molecule has 0 aromatic carbocycles. The minimum absolute atomic E-state index is 0.206. The maximum Gasteiger partial charge on any atom is 0.321 e. The molecule has 1 fully saturated rings. The van der Waals surface area contributed by atoms with E-state index in [1.54, 1.807) is 13.8 Å². The number of rotatable bonds is 4. The summed E-state index contributed by atoms with van der Waals surface area (Å²) >= 11 is 0. The molecule has 1 heterocycles. The molecule has 3 amide bonds. The molecule has 1 aliphatic rings. The molecule has 0 radical (unpaired) electrons. The molecular weight excluding hydrogens is 298 g/mol. The van der Waals surface area contributed by atoms with E-state index in [-0.39, 0.29) is 17.8 Å². The molecule has 0 spiro atoms. The smallest absolute Gasteiger partial charge is 0.321 e. The topological polar surface area (TPSA) is 87.7 Å². The number of carbonyl (C=O) groups excluding carboxylic acids is 3. The first-order valence-corrected chi connectivity index (χ1v) is 8.17. The van der Waals surface area contributed by atoms with E-state index >= 15 is 0 Å². The number of piperidine rings is 1. The minimum atomic E-state index is -0.506. The number of amides is 3. The Labute approximate surface area is 138 Å². The Balaban J connectivity index is 2.55. The predicted octanol–water partition coefficient (Wildman–Crippen LogP) is 1.27. The predicted molar refractivity (Wildman–Crippen MR) is 86.8 cm³/mol. The van der Waals surface area contributed by atoms with Gasteiger partial charge in [-0.3, -0.25) is 19.8 Å². The molecule has 7 heteroatoms. The lowest BCUT2D eigenvalue weighted by atomic mass is 9.97. The molecule has 0 bridgehead atoms. The fourth-order valence-corrected chi connectivity index (χ4v) is 2.56. The number of imide groups is 1. The SMILES string of the molecule is CCOC(=O)[C@@H]1CCCN([C@@H](C)C(=O)NC(=O)NC(C)(C)C)C1. The van der Waals surface area contributed by atoms with Gasteiger partial charge in [-0.25, -0.2) is 4.79 Å². The number of esters is 1. The fraction of sp³-hybridized carbons (Fsp3) is 0.812. The molecule has 132 valence electrons. The van der Waals surface area contributed by atoms with Crippen LogP contribution in [0.1, 0.15) is 47.5 Å². The number of hydrogen-bond donors (Lipinski definition) is 2. The van der Waals surface area contributed by atoms with Crippen molar-refractivity contribution in [2.75, 3.05) is 19.7 Å². The zero-order chi connectivity index (χ0) is 17.6. The normalized spacial score (nSPS) is 20.5. The van der Waals surface area contributed by atoms with E-state index in [1.165, 1.54) is 0 Å². The molecule has 1 aliphatic heterocycles. The summed E-state index contributed by atoms with van der Waals surface area (Å²) in [4.78, 5) is 37.8. The van der Waals surface area contributed by atoms with E-state index in [0.29, 0.717) is 13.2 Å². The summed E-state index contributed by atoms with van der Waals surface area (Å²) in [5.41, 5.74) is -0.409. The highest BCUT2D eigenvalue weighted by Gasteiger charge is 2.32. The zero-order valence-corrected chi connectivity index (χ0v) is 14.8. The number of hydrogen-bond acceptors (Lipinski definition) is 5. The first kappa shape index (κ1) is 19.4. The van der Waals surface area contributed by atoms with Crippen LogP contribution in [0.25, 0.3) is 0 Å². The second-order valence-corrected chi connectivity index (χ2v) is 6.96. The van der Waals surface area contributed by atoms with E-state index in [9.17, 15) is 14.4 Å². The highest BCUT2D eigenvalue weighted by molar-refractivity contribution is 5.97. The number of carbonyl (C=O) groups is 3. The molecule has 23 heavy (non-hydrogen) atoms. The van der Waals surface area contributed by atoms with E-state index in [4.69, 9.17) is 4.74 Å². The van der Waals surface area contributed by atoms with Crippen molar-refractivity contribution in [1.82, 2.24) is 15.5 Å². The summed E-state index contributed by atoms with van der Waals surface area (Å²) in [6.45, 7) is 10.6. The highest BCUT2D eigenvalue weighted by atomic mass is 16.5. The van der Waals surface area contributed by atoms with Crippen molar-refractivity contribution < 1.29 is 19.1 Å². The van der Waals surface area contributed by atoms with E-state index in [1.807, 2.05) is 25.7 Å². The van der Waals surface area contributed by atoms with Crippen LogP contribution in [-0.4, -0.2) is 54.1 Å². The monoisotopic (exact) mass is 327 g/mol. The number of nitrogens with zero attached hydrogens (tertiary/aromatic N) is 1. The van der Waals surface area contributed by atoms with Gasteiger partial charge in [0.05, 0.1) is 18.6 Å².